The average molecular weight is 391 g/mol. The van der Waals surface area contributed by atoms with E-state index in [-0.39, 0.29) is 24.0 Å². The van der Waals surface area contributed by atoms with Crippen LogP contribution < -0.4 is 10.6 Å². The maximum Gasteiger partial charge on any atom is 0.191 e. The Kier molecular flexibility index (Phi) is 6.43. The van der Waals surface area contributed by atoms with Crippen LogP contribution in [0.2, 0.25) is 0 Å². The SMILES string of the molecule is CCNC(=NCC(C1CC1)C1CC1)NC1CCCC1.I. The Morgan fingerprint density at radius 2 is 1.65 bits per heavy atom. The van der Waals surface area contributed by atoms with E-state index in [1.807, 2.05) is 0 Å². The second-order valence-corrected chi connectivity index (χ2v) is 6.68. The summed E-state index contributed by atoms with van der Waals surface area (Å²) in [5.74, 6) is 3.97. The van der Waals surface area contributed by atoms with E-state index in [0.717, 1.165) is 36.8 Å². The summed E-state index contributed by atoms with van der Waals surface area (Å²) >= 11 is 0. The minimum atomic E-state index is 0. The third-order valence-electron chi connectivity index (χ3n) is 4.96. The fourth-order valence-electron chi connectivity index (χ4n) is 3.51. The molecule has 116 valence electrons. The summed E-state index contributed by atoms with van der Waals surface area (Å²) in [5.41, 5.74) is 0. The number of aliphatic imine (C=N–C) groups is 1. The third-order valence-corrected chi connectivity index (χ3v) is 4.96. The summed E-state index contributed by atoms with van der Waals surface area (Å²) < 4.78 is 0. The molecule has 0 aromatic carbocycles. The first-order chi connectivity index (χ1) is 9.36. The molecular formula is C16H30IN3. The Balaban J connectivity index is 0.00000147. The molecule has 3 aliphatic rings. The van der Waals surface area contributed by atoms with Crippen LogP contribution in [-0.2, 0) is 0 Å². The molecule has 0 aromatic heterocycles. The van der Waals surface area contributed by atoms with Crippen LogP contribution in [0.4, 0.5) is 0 Å². The summed E-state index contributed by atoms with van der Waals surface area (Å²) in [6.07, 6.45) is 11.2. The van der Waals surface area contributed by atoms with Crippen molar-refractivity contribution in [2.45, 2.75) is 64.3 Å². The quantitative estimate of drug-likeness (QED) is 0.413. The Morgan fingerprint density at radius 1 is 1.05 bits per heavy atom. The van der Waals surface area contributed by atoms with E-state index < -0.39 is 0 Å². The van der Waals surface area contributed by atoms with E-state index in [9.17, 15) is 0 Å². The average Bonchev–Trinajstić information content (AvgIpc) is 3.32. The lowest BCUT2D eigenvalue weighted by molar-refractivity contribution is 0.416. The Hall–Kier alpha value is 0. The van der Waals surface area contributed by atoms with Crippen molar-refractivity contribution in [3.8, 4) is 0 Å². The molecule has 3 saturated carbocycles. The molecule has 3 fully saturated rings. The molecule has 3 rings (SSSR count). The van der Waals surface area contributed by atoms with E-state index in [4.69, 9.17) is 4.99 Å². The third kappa shape index (κ3) is 4.78. The molecule has 0 amide bonds. The van der Waals surface area contributed by atoms with Gasteiger partial charge < -0.3 is 10.6 Å². The van der Waals surface area contributed by atoms with Gasteiger partial charge in [-0.25, -0.2) is 0 Å². The van der Waals surface area contributed by atoms with Gasteiger partial charge in [-0.2, -0.15) is 0 Å². The van der Waals surface area contributed by atoms with E-state index in [0.29, 0.717) is 6.04 Å². The molecule has 0 radical (unpaired) electrons. The van der Waals surface area contributed by atoms with Gasteiger partial charge in [0.1, 0.15) is 0 Å². The highest BCUT2D eigenvalue weighted by Crippen LogP contribution is 2.49. The van der Waals surface area contributed by atoms with Gasteiger partial charge in [-0.05, 0) is 63.2 Å². The molecule has 4 heteroatoms. The minimum Gasteiger partial charge on any atom is -0.357 e. The van der Waals surface area contributed by atoms with Crippen LogP contribution in [0.5, 0.6) is 0 Å². The second kappa shape index (κ2) is 7.85. The molecule has 3 aliphatic carbocycles. The van der Waals surface area contributed by atoms with Crippen LogP contribution in [0.25, 0.3) is 0 Å². The standard InChI is InChI=1S/C16H29N3.HI/c1-2-17-16(19-14-5-3-4-6-14)18-11-15(12-7-8-12)13-9-10-13;/h12-15H,2-11H2,1H3,(H2,17,18,19);1H. The molecule has 0 aromatic rings. The summed E-state index contributed by atoms with van der Waals surface area (Å²) in [7, 11) is 0. The van der Waals surface area contributed by atoms with E-state index in [2.05, 4.69) is 17.6 Å². The fraction of sp³-hybridized carbons (Fsp3) is 0.938. The summed E-state index contributed by atoms with van der Waals surface area (Å²) in [6, 6.07) is 0.665. The van der Waals surface area contributed by atoms with Gasteiger partial charge in [0.2, 0.25) is 0 Å². The number of nitrogens with zero attached hydrogens (tertiary/aromatic N) is 1. The lowest BCUT2D eigenvalue weighted by atomic mass is 9.98. The molecule has 0 bridgehead atoms. The van der Waals surface area contributed by atoms with Gasteiger partial charge in [-0.1, -0.05) is 12.8 Å². The van der Waals surface area contributed by atoms with Gasteiger partial charge >= 0.3 is 0 Å². The van der Waals surface area contributed by atoms with E-state index >= 15 is 0 Å². The van der Waals surface area contributed by atoms with Gasteiger partial charge in [0.15, 0.2) is 5.96 Å². The van der Waals surface area contributed by atoms with Crippen molar-refractivity contribution in [2.75, 3.05) is 13.1 Å². The normalized spacial score (nSPS) is 23.8. The molecule has 0 aliphatic heterocycles. The number of hydrogen-bond donors (Lipinski definition) is 2. The molecule has 0 atom stereocenters. The Labute approximate surface area is 140 Å². The molecule has 2 N–H and O–H groups in total. The first-order valence-electron chi connectivity index (χ1n) is 8.41. The lowest BCUT2D eigenvalue weighted by Crippen LogP contribution is -2.42. The van der Waals surface area contributed by atoms with Crippen LogP contribution in [-0.4, -0.2) is 25.1 Å². The van der Waals surface area contributed by atoms with Crippen molar-refractivity contribution in [1.29, 1.82) is 0 Å². The van der Waals surface area contributed by atoms with Crippen molar-refractivity contribution in [3.05, 3.63) is 0 Å². The number of nitrogens with one attached hydrogen (secondary N) is 2. The first-order valence-corrected chi connectivity index (χ1v) is 8.41. The van der Waals surface area contributed by atoms with Crippen LogP contribution >= 0.6 is 24.0 Å². The highest BCUT2D eigenvalue weighted by molar-refractivity contribution is 14.0. The topological polar surface area (TPSA) is 36.4 Å². The molecule has 0 saturated heterocycles. The van der Waals surface area contributed by atoms with Crippen LogP contribution in [0.3, 0.4) is 0 Å². The molecule has 0 heterocycles. The fourth-order valence-corrected chi connectivity index (χ4v) is 3.51. The van der Waals surface area contributed by atoms with Gasteiger partial charge in [0, 0.05) is 19.1 Å². The van der Waals surface area contributed by atoms with Crippen LogP contribution in [0.15, 0.2) is 4.99 Å². The summed E-state index contributed by atoms with van der Waals surface area (Å²) in [4.78, 5) is 4.89. The van der Waals surface area contributed by atoms with Crippen molar-refractivity contribution >= 4 is 29.9 Å². The van der Waals surface area contributed by atoms with Crippen molar-refractivity contribution in [3.63, 3.8) is 0 Å². The number of hydrogen-bond acceptors (Lipinski definition) is 1. The van der Waals surface area contributed by atoms with Crippen LogP contribution in [0, 0.1) is 17.8 Å². The zero-order valence-corrected chi connectivity index (χ0v) is 15.1. The second-order valence-electron chi connectivity index (χ2n) is 6.68. The predicted molar refractivity (Wildman–Crippen MR) is 95.7 cm³/mol. The Morgan fingerprint density at radius 3 is 2.15 bits per heavy atom. The largest absolute Gasteiger partial charge is 0.357 e. The number of guanidine groups is 1. The summed E-state index contributed by atoms with van der Waals surface area (Å²) in [5, 5.41) is 7.05. The highest BCUT2D eigenvalue weighted by atomic mass is 127. The molecule has 0 unspecified atom stereocenters. The smallest absolute Gasteiger partial charge is 0.191 e. The first kappa shape index (κ1) is 16.4. The molecule has 20 heavy (non-hydrogen) atoms. The van der Waals surface area contributed by atoms with Crippen molar-refractivity contribution < 1.29 is 0 Å². The maximum absolute atomic E-state index is 4.89. The zero-order valence-electron chi connectivity index (χ0n) is 12.7. The van der Waals surface area contributed by atoms with E-state index in [1.165, 1.54) is 51.4 Å². The highest BCUT2D eigenvalue weighted by Gasteiger charge is 2.41. The lowest BCUT2D eigenvalue weighted by Gasteiger charge is -2.18. The predicted octanol–water partition coefficient (Wildman–Crippen LogP) is 3.54. The molecule has 0 spiro atoms. The van der Waals surface area contributed by atoms with Gasteiger partial charge in [-0.15, -0.1) is 24.0 Å². The monoisotopic (exact) mass is 391 g/mol. The Bertz CT molecular complexity index is 306. The van der Waals surface area contributed by atoms with Gasteiger partial charge in [-0.3, -0.25) is 4.99 Å². The van der Waals surface area contributed by atoms with E-state index in [1.54, 1.807) is 0 Å². The van der Waals surface area contributed by atoms with Gasteiger partial charge in [0.05, 0.1) is 0 Å². The molecular weight excluding hydrogens is 361 g/mol. The molecule has 3 nitrogen and oxygen atoms in total. The van der Waals surface area contributed by atoms with Crippen molar-refractivity contribution in [1.82, 2.24) is 10.6 Å². The van der Waals surface area contributed by atoms with Gasteiger partial charge in [0.25, 0.3) is 0 Å². The number of halogens is 1. The summed E-state index contributed by atoms with van der Waals surface area (Å²) in [6.45, 7) is 4.18. The van der Waals surface area contributed by atoms with Crippen LogP contribution in [0.1, 0.15) is 58.3 Å². The maximum atomic E-state index is 4.89. The van der Waals surface area contributed by atoms with Crippen molar-refractivity contribution in [2.24, 2.45) is 22.7 Å². The minimum absolute atomic E-state index is 0. The zero-order chi connectivity index (χ0) is 13.1. The number of rotatable bonds is 6.